The van der Waals surface area contributed by atoms with Gasteiger partial charge in [-0.1, -0.05) is 24.3 Å². The van der Waals surface area contributed by atoms with Crippen LogP contribution < -0.4 is 5.32 Å². The predicted octanol–water partition coefficient (Wildman–Crippen LogP) is 2.04. The van der Waals surface area contributed by atoms with Crippen molar-refractivity contribution in [3.8, 4) is 0 Å². The number of nitrogens with zero attached hydrogens (tertiary/aromatic N) is 3. The molecule has 1 N–H and O–H groups in total. The fourth-order valence-electron chi connectivity index (χ4n) is 3.40. The van der Waals surface area contributed by atoms with Crippen LogP contribution in [0.15, 0.2) is 24.3 Å². The van der Waals surface area contributed by atoms with Crippen LogP contribution in [0, 0.1) is 0 Å². The maximum absolute atomic E-state index is 4.33. The summed E-state index contributed by atoms with van der Waals surface area (Å²) in [6.45, 7) is 2.97. The maximum Gasteiger partial charge on any atom is 0.147 e. The number of rotatable bonds is 4. The van der Waals surface area contributed by atoms with Crippen molar-refractivity contribution in [2.24, 2.45) is 0 Å². The minimum absolute atomic E-state index is 0.676. The number of fused-ring (bicyclic) bond motifs is 2. The fourth-order valence-corrected chi connectivity index (χ4v) is 3.40. The van der Waals surface area contributed by atoms with Gasteiger partial charge in [0, 0.05) is 25.4 Å². The molecule has 4 nitrogen and oxygen atoms in total. The molecular weight excluding hydrogens is 248 g/mol. The van der Waals surface area contributed by atoms with Crippen LogP contribution in [0.5, 0.6) is 0 Å². The van der Waals surface area contributed by atoms with E-state index in [1.165, 1.54) is 36.2 Å². The fraction of sp³-hybridized carbons (Fsp3) is 0.500. The van der Waals surface area contributed by atoms with E-state index in [9.17, 15) is 0 Å². The molecule has 0 bridgehead atoms. The highest BCUT2D eigenvalue weighted by molar-refractivity contribution is 5.40. The van der Waals surface area contributed by atoms with E-state index in [4.69, 9.17) is 0 Å². The standard InChI is InChI=1S/C16H20N4/c1-2-6-14-12(5-1)9-13(14)10-17-11-16-19-18-15-7-3-4-8-20(15)16/h1-2,5-6,13,17H,3-4,7-11H2. The third kappa shape index (κ3) is 2.04. The molecule has 4 rings (SSSR count). The van der Waals surface area contributed by atoms with E-state index in [1.54, 1.807) is 0 Å². The second-order valence-corrected chi connectivity index (χ2v) is 5.87. The summed E-state index contributed by atoms with van der Waals surface area (Å²) in [4.78, 5) is 0. The molecule has 104 valence electrons. The van der Waals surface area contributed by atoms with Crippen LogP contribution in [0.1, 0.15) is 41.5 Å². The number of benzene rings is 1. The number of hydrogen-bond acceptors (Lipinski definition) is 3. The monoisotopic (exact) mass is 268 g/mol. The molecule has 0 amide bonds. The Hall–Kier alpha value is -1.68. The molecule has 1 aliphatic heterocycles. The Bertz CT molecular complexity index is 617. The average molecular weight is 268 g/mol. The lowest BCUT2D eigenvalue weighted by atomic mass is 9.77. The van der Waals surface area contributed by atoms with Crippen LogP contribution in [-0.2, 0) is 25.9 Å². The molecule has 0 radical (unpaired) electrons. The van der Waals surface area contributed by atoms with Crippen molar-refractivity contribution < 1.29 is 0 Å². The summed E-state index contributed by atoms with van der Waals surface area (Å²) in [7, 11) is 0. The molecule has 0 saturated heterocycles. The van der Waals surface area contributed by atoms with Crippen LogP contribution in [0.3, 0.4) is 0 Å². The Kier molecular flexibility index (Phi) is 3.03. The van der Waals surface area contributed by atoms with Gasteiger partial charge in [-0.15, -0.1) is 10.2 Å². The highest BCUT2D eigenvalue weighted by Gasteiger charge is 2.25. The Morgan fingerprint density at radius 2 is 2.15 bits per heavy atom. The minimum atomic E-state index is 0.676. The smallest absolute Gasteiger partial charge is 0.147 e. The predicted molar refractivity (Wildman–Crippen MR) is 77.6 cm³/mol. The van der Waals surface area contributed by atoms with Gasteiger partial charge >= 0.3 is 0 Å². The molecule has 1 atom stereocenters. The van der Waals surface area contributed by atoms with E-state index in [2.05, 4.69) is 44.3 Å². The summed E-state index contributed by atoms with van der Waals surface area (Å²) in [5.74, 6) is 2.95. The lowest BCUT2D eigenvalue weighted by Crippen LogP contribution is -2.29. The van der Waals surface area contributed by atoms with Gasteiger partial charge in [0.05, 0.1) is 6.54 Å². The molecule has 20 heavy (non-hydrogen) atoms. The van der Waals surface area contributed by atoms with Gasteiger partial charge in [-0.25, -0.2) is 0 Å². The first-order valence-electron chi connectivity index (χ1n) is 7.61. The van der Waals surface area contributed by atoms with Gasteiger partial charge in [-0.3, -0.25) is 0 Å². The van der Waals surface area contributed by atoms with E-state index in [-0.39, 0.29) is 0 Å². The summed E-state index contributed by atoms with van der Waals surface area (Å²) in [6.07, 6.45) is 4.81. The summed E-state index contributed by atoms with van der Waals surface area (Å²) >= 11 is 0. The van der Waals surface area contributed by atoms with Gasteiger partial charge in [0.15, 0.2) is 0 Å². The second-order valence-electron chi connectivity index (χ2n) is 5.87. The zero-order valence-electron chi connectivity index (χ0n) is 11.7. The van der Waals surface area contributed by atoms with Gasteiger partial charge in [-0.05, 0) is 30.4 Å². The summed E-state index contributed by atoms with van der Waals surface area (Å²) < 4.78 is 2.30. The van der Waals surface area contributed by atoms with Crippen molar-refractivity contribution in [2.45, 2.75) is 44.7 Å². The molecule has 0 fully saturated rings. The molecule has 4 heteroatoms. The number of hydrogen-bond donors (Lipinski definition) is 1. The molecule has 1 aromatic carbocycles. The Morgan fingerprint density at radius 3 is 3.10 bits per heavy atom. The van der Waals surface area contributed by atoms with E-state index in [0.29, 0.717) is 5.92 Å². The minimum Gasteiger partial charge on any atom is -0.314 e. The first kappa shape index (κ1) is 12.1. The van der Waals surface area contributed by atoms with Gasteiger partial charge in [0.2, 0.25) is 0 Å². The number of aromatic nitrogens is 3. The molecule has 2 aliphatic rings. The topological polar surface area (TPSA) is 42.7 Å². The van der Waals surface area contributed by atoms with Crippen molar-refractivity contribution in [1.29, 1.82) is 0 Å². The second kappa shape index (κ2) is 5.02. The lowest BCUT2D eigenvalue weighted by molar-refractivity contribution is 0.483. The Balaban J connectivity index is 1.35. The molecule has 0 spiro atoms. The van der Waals surface area contributed by atoms with Gasteiger partial charge < -0.3 is 9.88 Å². The van der Waals surface area contributed by atoms with Gasteiger partial charge in [0.25, 0.3) is 0 Å². The van der Waals surface area contributed by atoms with Crippen LogP contribution >= 0.6 is 0 Å². The molecule has 2 heterocycles. The van der Waals surface area contributed by atoms with Crippen LogP contribution in [-0.4, -0.2) is 21.3 Å². The lowest BCUT2D eigenvalue weighted by Gasteiger charge is -2.30. The molecule has 1 unspecified atom stereocenters. The molecular formula is C16H20N4. The van der Waals surface area contributed by atoms with Gasteiger partial charge in [0.1, 0.15) is 11.6 Å². The summed E-state index contributed by atoms with van der Waals surface area (Å²) in [6, 6.07) is 8.76. The van der Waals surface area contributed by atoms with Crippen molar-refractivity contribution in [1.82, 2.24) is 20.1 Å². The van der Waals surface area contributed by atoms with Crippen molar-refractivity contribution in [2.75, 3.05) is 6.54 Å². The maximum atomic E-state index is 4.33. The van der Waals surface area contributed by atoms with Gasteiger partial charge in [-0.2, -0.15) is 0 Å². The zero-order chi connectivity index (χ0) is 13.4. The first-order valence-corrected chi connectivity index (χ1v) is 7.61. The third-order valence-electron chi connectivity index (χ3n) is 4.57. The van der Waals surface area contributed by atoms with E-state index >= 15 is 0 Å². The first-order chi connectivity index (χ1) is 9.92. The molecule has 0 saturated carbocycles. The SMILES string of the molecule is c1ccc2c(c1)CC2CNCc1nnc2n1CCCC2. The Morgan fingerprint density at radius 1 is 1.20 bits per heavy atom. The number of aryl methyl sites for hydroxylation is 1. The van der Waals surface area contributed by atoms with Crippen LogP contribution in [0.2, 0.25) is 0 Å². The van der Waals surface area contributed by atoms with Crippen molar-refractivity contribution >= 4 is 0 Å². The quantitative estimate of drug-likeness (QED) is 0.923. The summed E-state index contributed by atoms with van der Waals surface area (Å²) in [5.41, 5.74) is 3.03. The van der Waals surface area contributed by atoms with E-state index in [0.717, 1.165) is 31.9 Å². The Labute approximate surface area is 119 Å². The van der Waals surface area contributed by atoms with Crippen molar-refractivity contribution in [3.05, 3.63) is 47.0 Å². The molecule has 2 aromatic rings. The highest BCUT2D eigenvalue weighted by atomic mass is 15.3. The average Bonchev–Trinajstić information content (AvgIpc) is 2.87. The van der Waals surface area contributed by atoms with Crippen molar-refractivity contribution in [3.63, 3.8) is 0 Å². The summed E-state index contributed by atoms with van der Waals surface area (Å²) in [5, 5.41) is 12.2. The van der Waals surface area contributed by atoms with Crippen LogP contribution in [0.4, 0.5) is 0 Å². The zero-order valence-corrected chi connectivity index (χ0v) is 11.7. The highest BCUT2D eigenvalue weighted by Crippen LogP contribution is 2.34. The largest absolute Gasteiger partial charge is 0.314 e. The van der Waals surface area contributed by atoms with E-state index in [1.807, 2.05) is 0 Å². The number of nitrogens with one attached hydrogen (secondary N) is 1. The van der Waals surface area contributed by atoms with E-state index < -0.39 is 0 Å². The molecule has 1 aromatic heterocycles. The third-order valence-corrected chi connectivity index (χ3v) is 4.57. The molecule has 1 aliphatic carbocycles. The normalized spacial score (nSPS) is 20.1. The van der Waals surface area contributed by atoms with Crippen LogP contribution in [0.25, 0.3) is 0 Å².